The van der Waals surface area contributed by atoms with Crippen LogP contribution in [0.2, 0.25) is 10.0 Å². The average molecular weight is 419 g/mol. The molecule has 1 fully saturated rings. The van der Waals surface area contributed by atoms with E-state index in [-0.39, 0.29) is 11.8 Å². The van der Waals surface area contributed by atoms with Crippen molar-refractivity contribution in [3.63, 3.8) is 0 Å². The monoisotopic (exact) mass is 418 g/mol. The van der Waals surface area contributed by atoms with E-state index in [2.05, 4.69) is 0 Å². The molecule has 2 aromatic carbocycles. The highest BCUT2D eigenvalue weighted by Crippen LogP contribution is 2.14. The van der Waals surface area contributed by atoms with E-state index in [0.717, 1.165) is 11.1 Å². The zero-order valence-electron chi connectivity index (χ0n) is 15.7. The van der Waals surface area contributed by atoms with Crippen molar-refractivity contribution in [2.45, 2.75) is 25.7 Å². The van der Waals surface area contributed by atoms with Crippen molar-refractivity contribution in [2.24, 2.45) is 0 Å². The van der Waals surface area contributed by atoms with Gasteiger partial charge in [-0.1, -0.05) is 47.5 Å². The van der Waals surface area contributed by atoms with Gasteiger partial charge in [-0.25, -0.2) is 0 Å². The average Bonchev–Trinajstić information content (AvgIpc) is 2.72. The number of hydrogen-bond donors (Lipinski definition) is 0. The summed E-state index contributed by atoms with van der Waals surface area (Å²) in [5, 5.41) is 1.40. The molecule has 0 bridgehead atoms. The molecule has 148 valence electrons. The number of rotatable bonds is 6. The summed E-state index contributed by atoms with van der Waals surface area (Å²) in [7, 11) is 0. The lowest BCUT2D eigenvalue weighted by Gasteiger charge is -2.35. The van der Waals surface area contributed by atoms with Crippen molar-refractivity contribution in [1.29, 1.82) is 0 Å². The highest BCUT2D eigenvalue weighted by Gasteiger charge is 2.23. The first-order chi connectivity index (χ1) is 13.5. The van der Waals surface area contributed by atoms with Crippen LogP contribution < -0.4 is 0 Å². The van der Waals surface area contributed by atoms with Gasteiger partial charge in [-0.15, -0.1) is 0 Å². The Labute approximate surface area is 176 Å². The summed E-state index contributed by atoms with van der Waals surface area (Å²) in [4.78, 5) is 28.6. The Bertz CT molecular complexity index is 729. The predicted octanol–water partition coefficient (Wildman–Crippen LogP) is 4.23. The molecule has 2 amide bonds. The first-order valence-electron chi connectivity index (χ1n) is 9.56. The number of benzene rings is 2. The van der Waals surface area contributed by atoms with Crippen LogP contribution in [0.4, 0.5) is 0 Å². The summed E-state index contributed by atoms with van der Waals surface area (Å²) in [6.45, 7) is 2.41. The fraction of sp³-hybridized carbons (Fsp3) is 0.364. The van der Waals surface area contributed by atoms with Gasteiger partial charge in [-0.2, -0.15) is 0 Å². The lowest BCUT2D eigenvalue weighted by Crippen LogP contribution is -2.50. The van der Waals surface area contributed by atoms with Crippen LogP contribution in [-0.4, -0.2) is 47.8 Å². The number of hydrogen-bond acceptors (Lipinski definition) is 2. The molecule has 1 heterocycles. The SMILES string of the molecule is O=C(CCc1ccc(Cl)cc1)N1CCN(C(=O)CCc2ccc(Cl)cc2)CC1. The van der Waals surface area contributed by atoms with Crippen molar-refractivity contribution in [3.05, 3.63) is 69.7 Å². The topological polar surface area (TPSA) is 40.6 Å². The van der Waals surface area contributed by atoms with Gasteiger partial charge >= 0.3 is 0 Å². The van der Waals surface area contributed by atoms with E-state index in [0.29, 0.717) is 61.9 Å². The number of amides is 2. The minimum Gasteiger partial charge on any atom is -0.339 e. The van der Waals surface area contributed by atoms with Crippen LogP contribution in [0.1, 0.15) is 24.0 Å². The number of piperazine rings is 1. The zero-order valence-corrected chi connectivity index (χ0v) is 17.3. The third-order valence-electron chi connectivity index (χ3n) is 5.07. The maximum absolute atomic E-state index is 12.4. The molecule has 0 aromatic heterocycles. The normalized spacial score (nSPS) is 14.2. The van der Waals surface area contributed by atoms with Crippen LogP contribution in [0.3, 0.4) is 0 Å². The van der Waals surface area contributed by atoms with E-state index < -0.39 is 0 Å². The second-order valence-electron chi connectivity index (χ2n) is 7.01. The van der Waals surface area contributed by atoms with E-state index >= 15 is 0 Å². The molecule has 0 aliphatic carbocycles. The molecule has 0 unspecified atom stereocenters. The quantitative estimate of drug-likeness (QED) is 0.703. The Balaban J connectivity index is 1.39. The van der Waals surface area contributed by atoms with Crippen molar-refractivity contribution < 1.29 is 9.59 Å². The Kier molecular flexibility index (Phi) is 7.35. The Morgan fingerprint density at radius 3 is 1.29 bits per heavy atom. The summed E-state index contributed by atoms with van der Waals surface area (Å²) in [5.41, 5.74) is 2.21. The van der Waals surface area contributed by atoms with Gasteiger partial charge in [0.15, 0.2) is 0 Å². The van der Waals surface area contributed by atoms with Gasteiger partial charge in [-0.05, 0) is 48.2 Å². The van der Waals surface area contributed by atoms with Crippen molar-refractivity contribution in [3.8, 4) is 0 Å². The molecule has 4 nitrogen and oxygen atoms in total. The number of carbonyl (C=O) groups excluding carboxylic acids is 2. The van der Waals surface area contributed by atoms with Crippen LogP contribution in [-0.2, 0) is 22.4 Å². The molecule has 0 radical (unpaired) electrons. The Morgan fingerprint density at radius 1 is 0.643 bits per heavy atom. The van der Waals surface area contributed by atoms with E-state index in [4.69, 9.17) is 23.2 Å². The molecular weight excluding hydrogens is 395 g/mol. The van der Waals surface area contributed by atoms with Crippen molar-refractivity contribution in [2.75, 3.05) is 26.2 Å². The maximum Gasteiger partial charge on any atom is 0.223 e. The van der Waals surface area contributed by atoms with E-state index in [9.17, 15) is 9.59 Å². The smallest absolute Gasteiger partial charge is 0.223 e. The van der Waals surface area contributed by atoms with Crippen LogP contribution in [0.25, 0.3) is 0 Å². The van der Waals surface area contributed by atoms with Gasteiger partial charge in [0.1, 0.15) is 0 Å². The number of aryl methyl sites for hydroxylation is 2. The maximum atomic E-state index is 12.4. The lowest BCUT2D eigenvalue weighted by atomic mass is 10.1. The third kappa shape index (κ3) is 5.98. The second-order valence-corrected chi connectivity index (χ2v) is 7.89. The second kappa shape index (κ2) is 9.94. The predicted molar refractivity (Wildman–Crippen MR) is 113 cm³/mol. The molecule has 0 atom stereocenters. The molecule has 0 N–H and O–H groups in total. The summed E-state index contributed by atoms with van der Waals surface area (Å²) in [6, 6.07) is 15.2. The Morgan fingerprint density at radius 2 is 0.964 bits per heavy atom. The number of nitrogens with zero attached hydrogens (tertiary/aromatic N) is 2. The largest absolute Gasteiger partial charge is 0.339 e. The lowest BCUT2D eigenvalue weighted by molar-refractivity contribution is -0.139. The molecule has 3 rings (SSSR count). The van der Waals surface area contributed by atoms with Crippen molar-refractivity contribution in [1.82, 2.24) is 9.80 Å². The van der Waals surface area contributed by atoms with Crippen LogP contribution in [0.15, 0.2) is 48.5 Å². The first kappa shape index (κ1) is 20.7. The molecular formula is C22H24Cl2N2O2. The molecule has 1 aliphatic heterocycles. The van der Waals surface area contributed by atoms with Gasteiger partial charge in [-0.3, -0.25) is 9.59 Å². The minimum atomic E-state index is 0.142. The van der Waals surface area contributed by atoms with Crippen LogP contribution >= 0.6 is 23.2 Å². The first-order valence-corrected chi connectivity index (χ1v) is 10.3. The molecule has 1 saturated heterocycles. The molecule has 6 heteroatoms. The van der Waals surface area contributed by atoms with Gasteiger partial charge < -0.3 is 9.80 Å². The third-order valence-corrected chi connectivity index (χ3v) is 5.57. The highest BCUT2D eigenvalue weighted by atomic mass is 35.5. The molecule has 1 aliphatic rings. The molecule has 0 spiro atoms. The minimum absolute atomic E-state index is 0.142. The zero-order chi connectivity index (χ0) is 19.9. The fourth-order valence-corrected chi connectivity index (χ4v) is 3.58. The highest BCUT2D eigenvalue weighted by molar-refractivity contribution is 6.30. The number of carbonyl (C=O) groups is 2. The van der Waals surface area contributed by atoms with E-state index in [1.54, 1.807) is 0 Å². The fourth-order valence-electron chi connectivity index (χ4n) is 3.33. The van der Waals surface area contributed by atoms with Gasteiger partial charge in [0, 0.05) is 49.1 Å². The molecule has 0 saturated carbocycles. The van der Waals surface area contributed by atoms with E-state index in [1.165, 1.54) is 0 Å². The number of halogens is 2. The van der Waals surface area contributed by atoms with E-state index in [1.807, 2.05) is 58.3 Å². The Hall–Kier alpha value is -2.04. The van der Waals surface area contributed by atoms with Gasteiger partial charge in [0.05, 0.1) is 0 Å². The van der Waals surface area contributed by atoms with Crippen LogP contribution in [0, 0.1) is 0 Å². The standard InChI is InChI=1S/C22H24Cl2N2O2/c23-19-7-1-17(2-8-19)5-11-21(27)25-13-15-26(16-14-25)22(28)12-6-18-3-9-20(24)10-4-18/h1-4,7-10H,5-6,11-16H2. The molecule has 2 aromatic rings. The van der Waals surface area contributed by atoms with Crippen molar-refractivity contribution >= 4 is 35.0 Å². The van der Waals surface area contributed by atoms with Crippen LogP contribution in [0.5, 0.6) is 0 Å². The summed E-state index contributed by atoms with van der Waals surface area (Å²) < 4.78 is 0. The summed E-state index contributed by atoms with van der Waals surface area (Å²) in [5.74, 6) is 0.284. The summed E-state index contributed by atoms with van der Waals surface area (Å²) in [6.07, 6.45) is 2.37. The summed E-state index contributed by atoms with van der Waals surface area (Å²) >= 11 is 11.8. The van der Waals surface area contributed by atoms with Gasteiger partial charge in [0.25, 0.3) is 0 Å². The molecule has 28 heavy (non-hydrogen) atoms. The van der Waals surface area contributed by atoms with Gasteiger partial charge in [0.2, 0.25) is 11.8 Å².